The lowest BCUT2D eigenvalue weighted by molar-refractivity contribution is -0.123. The number of aromatic nitrogens is 2. The molecular weight excluding hydrogens is 302 g/mol. The molecule has 0 radical (unpaired) electrons. The molecule has 0 aliphatic heterocycles. The number of hydrogen-bond acceptors (Lipinski definition) is 3. The molecule has 1 aromatic carbocycles. The molecule has 1 amide bonds. The van der Waals surface area contributed by atoms with Gasteiger partial charge < -0.3 is 10.1 Å². The Morgan fingerprint density at radius 1 is 1.41 bits per heavy atom. The second-order valence-electron chi connectivity index (χ2n) is 6.06. The van der Waals surface area contributed by atoms with Crippen LogP contribution in [0.25, 0.3) is 0 Å². The van der Waals surface area contributed by atoms with Crippen molar-refractivity contribution in [1.29, 1.82) is 0 Å². The van der Waals surface area contributed by atoms with Gasteiger partial charge in [-0.1, -0.05) is 44.5 Å². The zero-order chi connectivity index (χ0) is 16.3. The van der Waals surface area contributed by atoms with Crippen molar-refractivity contribution in [2.24, 2.45) is 5.41 Å². The summed E-state index contributed by atoms with van der Waals surface area (Å²) in [5.74, 6) is 0.582. The van der Waals surface area contributed by atoms with Crippen LogP contribution in [0.15, 0.2) is 30.6 Å². The third-order valence-electron chi connectivity index (χ3n) is 3.17. The van der Waals surface area contributed by atoms with E-state index in [1.165, 1.54) is 0 Å². The number of benzene rings is 1. The molecule has 0 unspecified atom stereocenters. The smallest absolute Gasteiger partial charge is 0.229 e. The summed E-state index contributed by atoms with van der Waals surface area (Å²) in [4.78, 5) is 12.0. The average Bonchev–Trinajstić information content (AvgIpc) is 2.87. The number of halogens is 1. The summed E-state index contributed by atoms with van der Waals surface area (Å²) >= 11 is 6.27. The minimum absolute atomic E-state index is 0.0496. The number of methoxy groups -OCH3 is 1. The first-order valence-corrected chi connectivity index (χ1v) is 7.34. The Morgan fingerprint density at radius 3 is 2.77 bits per heavy atom. The number of amides is 1. The Kier molecular flexibility index (Phi) is 4.76. The Morgan fingerprint density at radius 2 is 2.14 bits per heavy atom. The summed E-state index contributed by atoms with van der Waals surface area (Å²) in [5, 5.41) is 7.66. The topological polar surface area (TPSA) is 56.1 Å². The summed E-state index contributed by atoms with van der Waals surface area (Å²) in [7, 11) is 1.58. The summed E-state index contributed by atoms with van der Waals surface area (Å²) < 4.78 is 6.92. The molecule has 0 saturated heterocycles. The zero-order valence-electron chi connectivity index (χ0n) is 13.2. The van der Waals surface area contributed by atoms with Crippen LogP contribution in [-0.2, 0) is 11.3 Å². The minimum atomic E-state index is -0.446. The van der Waals surface area contributed by atoms with Crippen molar-refractivity contribution in [2.75, 3.05) is 12.4 Å². The molecule has 1 heterocycles. The van der Waals surface area contributed by atoms with E-state index in [0.29, 0.717) is 23.0 Å². The van der Waals surface area contributed by atoms with E-state index in [1.54, 1.807) is 24.2 Å². The van der Waals surface area contributed by atoms with E-state index in [2.05, 4.69) is 10.4 Å². The van der Waals surface area contributed by atoms with Gasteiger partial charge in [-0.05, 0) is 11.6 Å². The van der Waals surface area contributed by atoms with Gasteiger partial charge in [0.2, 0.25) is 5.91 Å². The molecule has 0 saturated carbocycles. The Labute approximate surface area is 135 Å². The molecule has 22 heavy (non-hydrogen) atoms. The standard InChI is InChI=1S/C16H20ClN3O2/c1-16(2,3)15(21)19-12-8-18-20(10-12)9-11-6-5-7-13(22-4)14(11)17/h5-8,10H,9H2,1-4H3,(H,19,21). The number of anilines is 1. The van der Waals surface area contributed by atoms with Crippen LogP contribution >= 0.6 is 11.6 Å². The lowest BCUT2D eigenvalue weighted by atomic mass is 9.96. The molecule has 2 rings (SSSR count). The molecule has 0 fully saturated rings. The molecule has 5 nitrogen and oxygen atoms in total. The number of carbonyl (C=O) groups excluding carboxylic acids is 1. The molecule has 0 aliphatic rings. The van der Waals surface area contributed by atoms with Gasteiger partial charge in [-0.15, -0.1) is 0 Å². The first-order chi connectivity index (χ1) is 10.3. The number of nitrogens with zero attached hydrogens (tertiary/aromatic N) is 2. The number of ether oxygens (including phenoxy) is 1. The highest BCUT2D eigenvalue weighted by Gasteiger charge is 2.21. The number of hydrogen-bond donors (Lipinski definition) is 1. The van der Waals surface area contributed by atoms with Crippen LogP contribution < -0.4 is 10.1 Å². The van der Waals surface area contributed by atoms with Crippen molar-refractivity contribution >= 4 is 23.2 Å². The van der Waals surface area contributed by atoms with Gasteiger partial charge in [0, 0.05) is 11.6 Å². The lowest BCUT2D eigenvalue weighted by Crippen LogP contribution is -2.27. The number of rotatable bonds is 4. The van der Waals surface area contributed by atoms with Crippen molar-refractivity contribution in [2.45, 2.75) is 27.3 Å². The molecule has 0 atom stereocenters. The van der Waals surface area contributed by atoms with Crippen molar-refractivity contribution in [3.8, 4) is 5.75 Å². The fraction of sp³-hybridized carbons (Fsp3) is 0.375. The summed E-state index contributed by atoms with van der Waals surface area (Å²) in [6.07, 6.45) is 3.40. The third kappa shape index (κ3) is 3.80. The molecule has 0 bridgehead atoms. The van der Waals surface area contributed by atoms with Gasteiger partial charge in [-0.25, -0.2) is 0 Å². The van der Waals surface area contributed by atoms with Crippen molar-refractivity contribution < 1.29 is 9.53 Å². The quantitative estimate of drug-likeness (QED) is 0.936. The van der Waals surface area contributed by atoms with Gasteiger partial charge in [0.1, 0.15) is 5.75 Å². The summed E-state index contributed by atoms with van der Waals surface area (Å²) in [6, 6.07) is 5.61. The van der Waals surface area contributed by atoms with Gasteiger partial charge in [-0.2, -0.15) is 5.10 Å². The maximum Gasteiger partial charge on any atom is 0.229 e. The second-order valence-corrected chi connectivity index (χ2v) is 6.44. The highest BCUT2D eigenvalue weighted by molar-refractivity contribution is 6.32. The average molecular weight is 322 g/mol. The van der Waals surface area contributed by atoms with Crippen molar-refractivity contribution in [3.05, 3.63) is 41.2 Å². The van der Waals surface area contributed by atoms with Crippen LogP contribution in [-0.4, -0.2) is 22.8 Å². The van der Waals surface area contributed by atoms with Crippen LogP contribution in [0.5, 0.6) is 5.75 Å². The molecule has 2 aromatic rings. The predicted octanol–water partition coefficient (Wildman–Crippen LogP) is 3.58. The number of carbonyl (C=O) groups is 1. The van der Waals surface area contributed by atoms with Crippen LogP contribution in [0.4, 0.5) is 5.69 Å². The van der Waals surface area contributed by atoms with Crippen molar-refractivity contribution in [1.82, 2.24) is 9.78 Å². The largest absolute Gasteiger partial charge is 0.495 e. The Bertz CT molecular complexity index is 674. The molecule has 0 aliphatic carbocycles. The van der Waals surface area contributed by atoms with E-state index in [4.69, 9.17) is 16.3 Å². The monoisotopic (exact) mass is 321 g/mol. The highest BCUT2D eigenvalue weighted by atomic mass is 35.5. The van der Waals surface area contributed by atoms with E-state index < -0.39 is 5.41 Å². The van der Waals surface area contributed by atoms with E-state index >= 15 is 0 Å². The van der Waals surface area contributed by atoms with Gasteiger partial charge in [0.05, 0.1) is 30.6 Å². The predicted molar refractivity (Wildman–Crippen MR) is 87.4 cm³/mol. The maximum absolute atomic E-state index is 12.0. The van der Waals surface area contributed by atoms with Gasteiger partial charge in [-0.3, -0.25) is 9.48 Å². The van der Waals surface area contributed by atoms with E-state index in [0.717, 1.165) is 5.56 Å². The van der Waals surface area contributed by atoms with E-state index in [-0.39, 0.29) is 5.91 Å². The maximum atomic E-state index is 12.0. The minimum Gasteiger partial charge on any atom is -0.495 e. The fourth-order valence-corrected chi connectivity index (χ4v) is 2.11. The van der Waals surface area contributed by atoms with Crippen LogP contribution in [0.1, 0.15) is 26.3 Å². The molecule has 6 heteroatoms. The molecular formula is C16H20ClN3O2. The first kappa shape index (κ1) is 16.4. The normalized spacial score (nSPS) is 11.3. The molecule has 1 N–H and O–H groups in total. The lowest BCUT2D eigenvalue weighted by Gasteiger charge is -2.16. The first-order valence-electron chi connectivity index (χ1n) is 6.96. The van der Waals surface area contributed by atoms with Gasteiger partial charge in [0.25, 0.3) is 0 Å². The zero-order valence-corrected chi connectivity index (χ0v) is 13.9. The van der Waals surface area contributed by atoms with Crippen LogP contribution in [0.3, 0.4) is 0 Å². The molecule has 118 valence electrons. The number of nitrogens with one attached hydrogen (secondary N) is 1. The van der Waals surface area contributed by atoms with E-state index in [1.807, 2.05) is 39.0 Å². The van der Waals surface area contributed by atoms with Crippen LogP contribution in [0, 0.1) is 5.41 Å². The fourth-order valence-electron chi connectivity index (χ4n) is 1.84. The Hall–Kier alpha value is -2.01. The molecule has 0 spiro atoms. The Balaban J connectivity index is 2.11. The van der Waals surface area contributed by atoms with E-state index in [9.17, 15) is 4.79 Å². The van der Waals surface area contributed by atoms with Crippen molar-refractivity contribution in [3.63, 3.8) is 0 Å². The third-order valence-corrected chi connectivity index (χ3v) is 3.60. The second kappa shape index (κ2) is 6.40. The van der Waals surface area contributed by atoms with Crippen LogP contribution in [0.2, 0.25) is 5.02 Å². The summed E-state index contributed by atoms with van der Waals surface area (Å²) in [5.41, 5.74) is 1.12. The SMILES string of the molecule is COc1cccc(Cn2cc(NC(=O)C(C)(C)C)cn2)c1Cl. The van der Waals surface area contributed by atoms with Gasteiger partial charge in [0.15, 0.2) is 0 Å². The highest BCUT2D eigenvalue weighted by Crippen LogP contribution is 2.28. The van der Waals surface area contributed by atoms with Gasteiger partial charge >= 0.3 is 0 Å². The summed E-state index contributed by atoms with van der Waals surface area (Å²) in [6.45, 7) is 6.09. The molecule has 1 aromatic heterocycles.